The standard InChI is InChI=1S/C13H19NOS2/c1-10-3-4-12(16-10)17-14-9-13(5-2-6-13)7-11(14)8-15/h3-4,11,15H,2,5-9H2,1H3. The maximum absolute atomic E-state index is 9.52. The van der Waals surface area contributed by atoms with Crippen molar-refractivity contribution in [2.75, 3.05) is 13.2 Å². The van der Waals surface area contributed by atoms with Crippen molar-refractivity contribution in [3.05, 3.63) is 17.0 Å². The average molecular weight is 269 g/mol. The Morgan fingerprint density at radius 1 is 1.53 bits per heavy atom. The third-order valence-corrected chi connectivity index (χ3v) is 6.36. The molecule has 1 aromatic heterocycles. The molecule has 17 heavy (non-hydrogen) atoms. The molecule has 1 atom stereocenters. The summed E-state index contributed by atoms with van der Waals surface area (Å²) in [6.07, 6.45) is 5.31. The second-order valence-corrected chi connectivity index (χ2v) is 8.06. The first kappa shape index (κ1) is 12.0. The summed E-state index contributed by atoms with van der Waals surface area (Å²) in [7, 11) is 0. The normalized spacial score (nSPS) is 27.5. The molecule has 2 nitrogen and oxygen atoms in total. The van der Waals surface area contributed by atoms with Gasteiger partial charge in [0.1, 0.15) is 0 Å². The maximum atomic E-state index is 9.52. The van der Waals surface area contributed by atoms with Crippen LogP contribution in [-0.2, 0) is 0 Å². The van der Waals surface area contributed by atoms with Crippen molar-refractivity contribution >= 4 is 23.3 Å². The second-order valence-electron chi connectivity index (χ2n) is 5.43. The maximum Gasteiger partial charge on any atom is 0.0756 e. The third kappa shape index (κ3) is 2.28. The molecular weight excluding hydrogens is 250 g/mol. The Hall–Kier alpha value is -0.0300. The van der Waals surface area contributed by atoms with E-state index in [1.165, 1.54) is 41.3 Å². The molecule has 1 saturated heterocycles. The molecule has 1 saturated carbocycles. The lowest BCUT2D eigenvalue weighted by Crippen LogP contribution is -2.31. The summed E-state index contributed by atoms with van der Waals surface area (Å²) in [6, 6.07) is 4.74. The van der Waals surface area contributed by atoms with E-state index < -0.39 is 0 Å². The van der Waals surface area contributed by atoms with Crippen LogP contribution in [0.2, 0.25) is 0 Å². The summed E-state index contributed by atoms with van der Waals surface area (Å²) >= 11 is 3.70. The Morgan fingerprint density at radius 2 is 2.35 bits per heavy atom. The van der Waals surface area contributed by atoms with Crippen molar-refractivity contribution < 1.29 is 5.11 Å². The summed E-state index contributed by atoms with van der Waals surface area (Å²) in [5.74, 6) is 0. The fourth-order valence-electron chi connectivity index (χ4n) is 3.00. The molecule has 1 unspecified atom stereocenters. The number of aliphatic hydroxyl groups excluding tert-OH is 1. The Bertz CT molecular complexity index is 400. The number of aryl methyl sites for hydroxylation is 1. The van der Waals surface area contributed by atoms with Gasteiger partial charge < -0.3 is 5.11 Å². The van der Waals surface area contributed by atoms with Crippen LogP contribution in [0.25, 0.3) is 0 Å². The Morgan fingerprint density at radius 3 is 2.88 bits per heavy atom. The van der Waals surface area contributed by atoms with Crippen LogP contribution in [0.1, 0.15) is 30.6 Å². The number of aliphatic hydroxyl groups is 1. The van der Waals surface area contributed by atoms with E-state index in [2.05, 4.69) is 23.4 Å². The van der Waals surface area contributed by atoms with Crippen molar-refractivity contribution in [3.8, 4) is 0 Å². The number of nitrogens with zero attached hydrogens (tertiary/aromatic N) is 1. The summed E-state index contributed by atoms with van der Waals surface area (Å²) in [5.41, 5.74) is 0.548. The molecule has 2 aliphatic rings. The summed E-state index contributed by atoms with van der Waals surface area (Å²) in [4.78, 5) is 1.37. The molecule has 3 rings (SSSR count). The van der Waals surface area contributed by atoms with E-state index in [-0.39, 0.29) is 0 Å². The number of hydrogen-bond donors (Lipinski definition) is 1. The van der Waals surface area contributed by atoms with E-state index in [0.717, 1.165) is 0 Å². The van der Waals surface area contributed by atoms with Gasteiger partial charge in [-0.15, -0.1) is 11.3 Å². The van der Waals surface area contributed by atoms with Crippen LogP contribution in [0.15, 0.2) is 16.3 Å². The predicted octanol–water partition coefficient (Wildman–Crippen LogP) is 3.30. The largest absolute Gasteiger partial charge is 0.395 e. The average Bonchev–Trinajstić information content (AvgIpc) is 2.82. The SMILES string of the molecule is Cc1ccc(SN2CC3(CCC3)CC2CO)s1. The van der Waals surface area contributed by atoms with Gasteiger partial charge in [0.05, 0.1) is 10.8 Å². The monoisotopic (exact) mass is 269 g/mol. The van der Waals surface area contributed by atoms with Gasteiger partial charge in [-0.1, -0.05) is 6.42 Å². The van der Waals surface area contributed by atoms with Crippen molar-refractivity contribution in [2.45, 2.75) is 42.9 Å². The van der Waals surface area contributed by atoms with E-state index in [0.29, 0.717) is 18.1 Å². The zero-order valence-electron chi connectivity index (χ0n) is 10.2. The van der Waals surface area contributed by atoms with Crippen LogP contribution >= 0.6 is 23.3 Å². The highest BCUT2D eigenvalue weighted by atomic mass is 32.2. The number of thiophene rings is 1. The molecule has 0 radical (unpaired) electrons. The van der Waals surface area contributed by atoms with Gasteiger partial charge >= 0.3 is 0 Å². The van der Waals surface area contributed by atoms with Crippen LogP contribution in [0.4, 0.5) is 0 Å². The molecule has 1 aliphatic heterocycles. The van der Waals surface area contributed by atoms with Crippen LogP contribution in [0.3, 0.4) is 0 Å². The fraction of sp³-hybridized carbons (Fsp3) is 0.692. The highest BCUT2D eigenvalue weighted by Gasteiger charge is 2.47. The topological polar surface area (TPSA) is 23.5 Å². The van der Waals surface area contributed by atoms with Gasteiger partial charge in [0.15, 0.2) is 0 Å². The molecule has 94 valence electrons. The molecule has 0 amide bonds. The van der Waals surface area contributed by atoms with Gasteiger partial charge in [0.25, 0.3) is 0 Å². The van der Waals surface area contributed by atoms with Gasteiger partial charge in [-0.25, -0.2) is 4.31 Å². The van der Waals surface area contributed by atoms with Crippen LogP contribution in [0.5, 0.6) is 0 Å². The molecule has 0 aromatic carbocycles. The van der Waals surface area contributed by atoms with E-state index in [4.69, 9.17) is 0 Å². The molecule has 4 heteroatoms. The van der Waals surface area contributed by atoms with Gasteiger partial charge in [0.2, 0.25) is 0 Å². The smallest absolute Gasteiger partial charge is 0.0756 e. The zero-order valence-corrected chi connectivity index (χ0v) is 11.8. The lowest BCUT2D eigenvalue weighted by molar-refractivity contribution is 0.149. The molecular formula is C13H19NOS2. The molecule has 1 spiro atoms. The third-order valence-electron chi connectivity index (χ3n) is 4.12. The van der Waals surface area contributed by atoms with Crippen molar-refractivity contribution in [1.29, 1.82) is 0 Å². The first-order valence-corrected chi connectivity index (χ1v) is 7.92. The van der Waals surface area contributed by atoms with Crippen molar-refractivity contribution in [3.63, 3.8) is 0 Å². The van der Waals surface area contributed by atoms with Crippen LogP contribution in [0, 0.1) is 12.3 Å². The molecule has 1 N–H and O–H groups in total. The Labute approximate surface area is 111 Å². The van der Waals surface area contributed by atoms with Crippen LogP contribution in [-0.4, -0.2) is 28.6 Å². The molecule has 1 aromatic rings. The quantitative estimate of drug-likeness (QED) is 0.852. The first-order chi connectivity index (χ1) is 8.21. The van der Waals surface area contributed by atoms with E-state index in [9.17, 15) is 5.11 Å². The predicted molar refractivity (Wildman–Crippen MR) is 73.4 cm³/mol. The lowest BCUT2D eigenvalue weighted by Gasteiger charge is -2.38. The molecule has 0 bridgehead atoms. The van der Waals surface area contributed by atoms with Gasteiger partial charge in [-0.2, -0.15) is 0 Å². The minimum Gasteiger partial charge on any atom is -0.395 e. The number of hydrogen-bond acceptors (Lipinski definition) is 4. The lowest BCUT2D eigenvalue weighted by atomic mass is 9.68. The van der Waals surface area contributed by atoms with Crippen molar-refractivity contribution in [2.24, 2.45) is 5.41 Å². The molecule has 2 heterocycles. The zero-order chi connectivity index (χ0) is 11.9. The Balaban J connectivity index is 1.69. The van der Waals surface area contributed by atoms with E-state index in [1.54, 1.807) is 0 Å². The molecule has 2 fully saturated rings. The van der Waals surface area contributed by atoms with E-state index >= 15 is 0 Å². The first-order valence-electron chi connectivity index (χ1n) is 6.33. The van der Waals surface area contributed by atoms with Crippen molar-refractivity contribution in [1.82, 2.24) is 4.31 Å². The van der Waals surface area contributed by atoms with Gasteiger partial charge in [-0.05, 0) is 55.7 Å². The highest BCUT2D eigenvalue weighted by Crippen LogP contribution is 2.52. The Kier molecular flexibility index (Phi) is 3.24. The highest BCUT2D eigenvalue weighted by molar-refractivity contribution is 7.99. The van der Waals surface area contributed by atoms with E-state index in [1.807, 2.05) is 23.3 Å². The molecule has 1 aliphatic carbocycles. The van der Waals surface area contributed by atoms with Gasteiger partial charge in [-0.3, -0.25) is 0 Å². The second kappa shape index (κ2) is 4.57. The van der Waals surface area contributed by atoms with Gasteiger partial charge in [0, 0.05) is 17.5 Å². The summed E-state index contributed by atoms with van der Waals surface area (Å²) in [6.45, 7) is 3.62. The number of rotatable bonds is 3. The summed E-state index contributed by atoms with van der Waals surface area (Å²) < 4.78 is 3.78. The fourth-order valence-corrected chi connectivity index (χ4v) is 5.41. The summed E-state index contributed by atoms with van der Waals surface area (Å²) in [5, 5.41) is 9.52. The van der Waals surface area contributed by atoms with Crippen LogP contribution < -0.4 is 0 Å². The minimum absolute atomic E-state index is 0.305. The minimum atomic E-state index is 0.305.